The smallest absolute Gasteiger partial charge is 0.312 e. The van der Waals surface area contributed by atoms with E-state index < -0.39 is 17.1 Å². The fourth-order valence-corrected chi connectivity index (χ4v) is 7.18. The Bertz CT molecular complexity index is 665. The average Bonchev–Trinajstić information content (AvgIpc) is 2.60. The fourth-order valence-electron chi connectivity index (χ4n) is 6.49. The Morgan fingerprint density at radius 2 is 1.78 bits per heavy atom. The molecule has 148 valence electrons. The van der Waals surface area contributed by atoms with E-state index in [-0.39, 0.29) is 16.8 Å². The van der Waals surface area contributed by atoms with Gasteiger partial charge in [0.25, 0.3) is 5.91 Å². The quantitative estimate of drug-likeness (QED) is 0.582. The molecular formula is C21H29ClN2O3. The van der Waals surface area contributed by atoms with E-state index >= 15 is 0 Å². The second kappa shape index (κ2) is 6.65. The standard InChI is InChI=1S/C21H29ClN2O3/c1-14(17(25)24-21(13-23)5-3-2-4-6-21)27-18(26)19-8-15-7-16(9-19)11-20(22,10-15)12-19/h14-16H,2-12H2,1H3,(H,24,25)/t14-,15+,16+,19?,20?/m1/s1. The Hall–Kier alpha value is -1.28. The predicted molar refractivity (Wildman–Crippen MR) is 101 cm³/mol. The number of halogens is 1. The van der Waals surface area contributed by atoms with Gasteiger partial charge in [-0.15, -0.1) is 11.6 Å². The van der Waals surface area contributed by atoms with E-state index in [1.54, 1.807) is 6.92 Å². The zero-order chi connectivity index (χ0) is 19.3. The van der Waals surface area contributed by atoms with Gasteiger partial charge in [0, 0.05) is 4.87 Å². The summed E-state index contributed by atoms with van der Waals surface area (Å²) < 4.78 is 5.65. The van der Waals surface area contributed by atoms with E-state index in [1.165, 1.54) is 6.42 Å². The summed E-state index contributed by atoms with van der Waals surface area (Å²) in [4.78, 5) is 25.4. The minimum atomic E-state index is -0.885. The van der Waals surface area contributed by atoms with Crippen molar-refractivity contribution in [3.8, 4) is 6.07 Å². The second-order valence-electron chi connectivity index (χ2n) is 9.68. The molecule has 0 aromatic heterocycles. The van der Waals surface area contributed by atoms with Crippen LogP contribution in [0.15, 0.2) is 0 Å². The second-order valence-corrected chi connectivity index (χ2v) is 10.5. The lowest BCUT2D eigenvalue weighted by atomic mass is 9.49. The molecule has 5 saturated carbocycles. The molecule has 0 spiro atoms. The Kier molecular flexibility index (Phi) is 4.70. The first-order valence-corrected chi connectivity index (χ1v) is 10.8. The van der Waals surface area contributed by atoms with Crippen LogP contribution in [-0.4, -0.2) is 28.4 Å². The van der Waals surface area contributed by atoms with Crippen LogP contribution in [0.4, 0.5) is 0 Å². The van der Waals surface area contributed by atoms with Gasteiger partial charge in [-0.1, -0.05) is 19.3 Å². The first-order valence-electron chi connectivity index (χ1n) is 10.4. The molecule has 0 aliphatic heterocycles. The first kappa shape index (κ1) is 19.1. The van der Waals surface area contributed by atoms with Crippen LogP contribution in [0.1, 0.15) is 77.6 Å². The average molecular weight is 393 g/mol. The molecule has 5 fully saturated rings. The molecule has 0 unspecified atom stereocenters. The van der Waals surface area contributed by atoms with Crippen LogP contribution in [0, 0.1) is 28.6 Å². The number of carbonyl (C=O) groups excluding carboxylic acids is 2. The van der Waals surface area contributed by atoms with Crippen LogP contribution in [0.25, 0.3) is 0 Å². The maximum atomic E-state index is 13.1. The van der Waals surface area contributed by atoms with Crippen molar-refractivity contribution in [3.05, 3.63) is 0 Å². The molecule has 6 heteroatoms. The Labute approximate surface area is 166 Å². The van der Waals surface area contributed by atoms with Gasteiger partial charge in [-0.25, -0.2) is 0 Å². The summed E-state index contributed by atoms with van der Waals surface area (Å²) in [5.74, 6) is 0.380. The van der Waals surface area contributed by atoms with E-state index in [9.17, 15) is 14.9 Å². The lowest BCUT2D eigenvalue weighted by Gasteiger charge is -2.58. The summed E-state index contributed by atoms with van der Waals surface area (Å²) >= 11 is 6.81. The fraction of sp³-hybridized carbons (Fsp3) is 0.857. The number of carbonyl (C=O) groups is 2. The van der Waals surface area contributed by atoms with Crippen LogP contribution in [0.3, 0.4) is 0 Å². The van der Waals surface area contributed by atoms with Crippen LogP contribution in [0.2, 0.25) is 0 Å². The van der Waals surface area contributed by atoms with E-state index in [4.69, 9.17) is 16.3 Å². The van der Waals surface area contributed by atoms with Crippen molar-refractivity contribution in [2.24, 2.45) is 17.3 Å². The summed E-state index contributed by atoms with van der Waals surface area (Å²) in [6.07, 6.45) is 8.93. The van der Waals surface area contributed by atoms with Crippen LogP contribution in [-0.2, 0) is 14.3 Å². The minimum Gasteiger partial charge on any atom is -0.452 e. The zero-order valence-electron chi connectivity index (χ0n) is 16.1. The number of alkyl halides is 1. The molecule has 0 saturated heterocycles. The van der Waals surface area contributed by atoms with E-state index in [1.807, 2.05) is 0 Å². The number of rotatable bonds is 4. The minimum absolute atomic E-state index is 0.262. The molecule has 5 aliphatic rings. The van der Waals surface area contributed by atoms with E-state index in [0.717, 1.165) is 44.9 Å². The third-order valence-corrected chi connectivity index (χ3v) is 7.80. The van der Waals surface area contributed by atoms with Crippen molar-refractivity contribution in [1.82, 2.24) is 5.32 Å². The highest BCUT2D eigenvalue weighted by Gasteiger charge is 2.61. The molecule has 0 heterocycles. The van der Waals surface area contributed by atoms with Gasteiger partial charge in [-0.2, -0.15) is 5.26 Å². The topological polar surface area (TPSA) is 79.2 Å². The summed E-state index contributed by atoms with van der Waals surface area (Å²) in [5, 5.41) is 12.4. The highest BCUT2D eigenvalue weighted by atomic mass is 35.5. The molecule has 0 aromatic carbocycles. The Morgan fingerprint density at radius 1 is 1.15 bits per heavy atom. The highest BCUT2D eigenvalue weighted by molar-refractivity contribution is 6.24. The third-order valence-electron chi connectivity index (χ3n) is 7.36. The molecule has 4 bridgehead atoms. The van der Waals surface area contributed by atoms with Crippen molar-refractivity contribution in [3.63, 3.8) is 0 Å². The lowest BCUT2D eigenvalue weighted by molar-refractivity contribution is -0.177. The normalized spacial score (nSPS) is 40.0. The van der Waals surface area contributed by atoms with Crippen LogP contribution >= 0.6 is 11.6 Å². The maximum Gasteiger partial charge on any atom is 0.312 e. The number of esters is 1. The SMILES string of the molecule is C[C@@H](OC(=O)C12C[C@@H]3C[C@H](CC(Cl)(C3)C1)C2)C(=O)NC1(C#N)CCCCC1. The summed E-state index contributed by atoms with van der Waals surface area (Å²) in [6, 6.07) is 2.28. The number of nitrogens with one attached hydrogen (secondary N) is 1. The lowest BCUT2D eigenvalue weighted by Crippen LogP contribution is -2.57. The maximum absolute atomic E-state index is 13.1. The number of amides is 1. The van der Waals surface area contributed by atoms with Crippen molar-refractivity contribution in [2.75, 3.05) is 0 Å². The van der Waals surface area contributed by atoms with E-state index in [0.29, 0.717) is 31.1 Å². The van der Waals surface area contributed by atoms with Gasteiger partial charge in [-0.05, 0) is 70.1 Å². The van der Waals surface area contributed by atoms with Crippen molar-refractivity contribution in [1.29, 1.82) is 5.26 Å². The van der Waals surface area contributed by atoms with Gasteiger partial charge in [0.1, 0.15) is 5.54 Å². The zero-order valence-corrected chi connectivity index (χ0v) is 16.8. The molecule has 5 aliphatic carbocycles. The molecular weight excluding hydrogens is 364 g/mol. The summed E-state index contributed by atoms with van der Waals surface area (Å²) in [6.45, 7) is 1.61. The number of ether oxygens (including phenoxy) is 1. The third kappa shape index (κ3) is 3.46. The van der Waals surface area contributed by atoms with Crippen LogP contribution < -0.4 is 5.32 Å². The van der Waals surface area contributed by atoms with Gasteiger partial charge in [0.05, 0.1) is 11.5 Å². The van der Waals surface area contributed by atoms with Crippen molar-refractivity contribution < 1.29 is 14.3 Å². The summed E-state index contributed by atoms with van der Waals surface area (Å²) in [7, 11) is 0. The molecule has 27 heavy (non-hydrogen) atoms. The Morgan fingerprint density at radius 3 is 2.33 bits per heavy atom. The van der Waals surface area contributed by atoms with Gasteiger partial charge in [0.15, 0.2) is 6.10 Å². The number of hydrogen-bond acceptors (Lipinski definition) is 4. The largest absolute Gasteiger partial charge is 0.452 e. The van der Waals surface area contributed by atoms with Crippen LogP contribution in [0.5, 0.6) is 0 Å². The van der Waals surface area contributed by atoms with Crippen molar-refractivity contribution in [2.45, 2.75) is 94.1 Å². The number of hydrogen-bond donors (Lipinski definition) is 1. The van der Waals surface area contributed by atoms with E-state index in [2.05, 4.69) is 11.4 Å². The number of nitriles is 1. The highest BCUT2D eigenvalue weighted by Crippen LogP contribution is 2.64. The van der Waals surface area contributed by atoms with Gasteiger partial charge < -0.3 is 10.1 Å². The molecule has 5 nitrogen and oxygen atoms in total. The molecule has 5 rings (SSSR count). The molecule has 0 radical (unpaired) electrons. The monoisotopic (exact) mass is 392 g/mol. The van der Waals surface area contributed by atoms with Gasteiger partial charge in [-0.3, -0.25) is 9.59 Å². The van der Waals surface area contributed by atoms with Gasteiger partial charge >= 0.3 is 5.97 Å². The summed E-state index contributed by atoms with van der Waals surface area (Å²) in [5.41, 5.74) is -1.32. The molecule has 0 aromatic rings. The predicted octanol–water partition coefficient (Wildman–Crippen LogP) is 3.84. The van der Waals surface area contributed by atoms with Gasteiger partial charge in [0.2, 0.25) is 0 Å². The first-order chi connectivity index (χ1) is 12.8. The molecule has 1 amide bonds. The molecule has 1 N–H and O–H groups in total. The number of nitrogens with zero attached hydrogens (tertiary/aromatic N) is 1. The molecule has 3 atom stereocenters. The Balaban J connectivity index is 1.41. The van der Waals surface area contributed by atoms with Crippen molar-refractivity contribution >= 4 is 23.5 Å².